The Morgan fingerprint density at radius 1 is 1.21 bits per heavy atom. The third kappa shape index (κ3) is 2.97. The lowest BCUT2D eigenvalue weighted by Crippen LogP contribution is -2.03. The summed E-state index contributed by atoms with van der Waals surface area (Å²) < 4.78 is 50.5. The number of alkyl halides is 3. The maximum Gasteiger partial charge on any atom is 0.747 e. The highest BCUT2D eigenvalue weighted by Gasteiger charge is 2.30. The van der Waals surface area contributed by atoms with Gasteiger partial charge in [0.05, 0.1) is 5.56 Å². The lowest BCUT2D eigenvalue weighted by atomic mass is 10.2. The first-order valence-electron chi connectivity index (χ1n) is 3.41. The first-order chi connectivity index (χ1) is 6.39. The van der Waals surface area contributed by atoms with Gasteiger partial charge in [0.25, 0.3) is 0 Å². The van der Waals surface area contributed by atoms with E-state index in [9.17, 15) is 17.7 Å². The number of halogens is 3. The summed E-state index contributed by atoms with van der Waals surface area (Å²) in [5.74, 6) is -0.0818. The van der Waals surface area contributed by atoms with Gasteiger partial charge in [-0.15, -0.1) is 4.89 Å². The molecule has 0 aliphatic heterocycles. The van der Waals surface area contributed by atoms with Crippen molar-refractivity contribution in [3.05, 3.63) is 29.8 Å². The standard InChI is InChI=1S/C7H4F3O3P/c8-7(9,10)5-1-3-6(4-2-5)13-14(11)12/h1-4H/p+1. The molecule has 76 valence electrons. The van der Waals surface area contributed by atoms with Crippen LogP contribution in [0.3, 0.4) is 0 Å². The van der Waals surface area contributed by atoms with Crippen molar-refractivity contribution in [3.8, 4) is 5.75 Å². The monoisotopic (exact) mass is 225 g/mol. The van der Waals surface area contributed by atoms with Gasteiger partial charge < -0.3 is 0 Å². The molecule has 0 bridgehead atoms. The average molecular weight is 225 g/mol. The molecule has 0 radical (unpaired) electrons. The van der Waals surface area contributed by atoms with Crippen molar-refractivity contribution in [2.24, 2.45) is 0 Å². The van der Waals surface area contributed by atoms with Crippen molar-refractivity contribution in [2.45, 2.75) is 6.18 Å². The number of hydrogen-bond donors (Lipinski definition) is 1. The smallest absolute Gasteiger partial charge is 0.229 e. The summed E-state index contributed by atoms with van der Waals surface area (Å²) in [6.07, 6.45) is -4.42. The van der Waals surface area contributed by atoms with Crippen LogP contribution in [0.25, 0.3) is 0 Å². The lowest BCUT2D eigenvalue weighted by Gasteiger charge is -2.04. The Balaban J connectivity index is 2.84. The highest BCUT2D eigenvalue weighted by molar-refractivity contribution is 7.32. The molecule has 0 fully saturated rings. The molecule has 1 atom stereocenters. The molecule has 0 aliphatic carbocycles. The van der Waals surface area contributed by atoms with Crippen LogP contribution in [-0.4, -0.2) is 4.89 Å². The second-order valence-corrected chi connectivity index (χ2v) is 3.01. The van der Waals surface area contributed by atoms with Gasteiger partial charge in [-0.05, 0) is 24.3 Å². The zero-order chi connectivity index (χ0) is 10.8. The summed E-state index contributed by atoms with van der Waals surface area (Å²) in [7, 11) is -2.85. The first-order valence-corrected chi connectivity index (χ1v) is 4.54. The SMILES string of the molecule is O=[P+](O)Oc1ccc(C(F)(F)F)cc1. The average Bonchev–Trinajstić information content (AvgIpc) is 2.02. The molecule has 0 aromatic heterocycles. The van der Waals surface area contributed by atoms with Gasteiger partial charge in [-0.1, -0.05) is 0 Å². The largest absolute Gasteiger partial charge is 0.747 e. The molecule has 7 heteroatoms. The van der Waals surface area contributed by atoms with Crippen molar-refractivity contribution >= 4 is 8.25 Å². The van der Waals surface area contributed by atoms with Crippen LogP contribution in [-0.2, 0) is 10.7 Å². The summed E-state index contributed by atoms with van der Waals surface area (Å²) in [4.78, 5) is 8.30. The van der Waals surface area contributed by atoms with Gasteiger partial charge >= 0.3 is 14.4 Å². The van der Waals surface area contributed by atoms with Gasteiger partial charge in [0.1, 0.15) is 0 Å². The third-order valence-corrected chi connectivity index (χ3v) is 1.73. The van der Waals surface area contributed by atoms with Gasteiger partial charge in [-0.2, -0.15) is 13.2 Å². The van der Waals surface area contributed by atoms with E-state index in [2.05, 4.69) is 4.52 Å². The molecule has 0 spiro atoms. The zero-order valence-corrected chi connectivity index (χ0v) is 7.55. The van der Waals surface area contributed by atoms with Crippen molar-refractivity contribution in [2.75, 3.05) is 0 Å². The van der Waals surface area contributed by atoms with E-state index in [0.717, 1.165) is 24.3 Å². The van der Waals surface area contributed by atoms with E-state index in [4.69, 9.17) is 4.89 Å². The second-order valence-electron chi connectivity index (χ2n) is 2.35. The minimum absolute atomic E-state index is 0.0818. The summed E-state index contributed by atoms with van der Waals surface area (Å²) in [6.45, 7) is 0. The van der Waals surface area contributed by atoms with Gasteiger partial charge in [-0.25, -0.2) is 4.52 Å². The van der Waals surface area contributed by atoms with E-state index in [1.807, 2.05) is 0 Å². The van der Waals surface area contributed by atoms with Gasteiger partial charge in [0.2, 0.25) is 0 Å². The van der Waals surface area contributed by atoms with Crippen molar-refractivity contribution in [1.82, 2.24) is 0 Å². The van der Waals surface area contributed by atoms with E-state index >= 15 is 0 Å². The van der Waals surface area contributed by atoms with E-state index < -0.39 is 20.0 Å². The fourth-order valence-corrected chi connectivity index (χ4v) is 1.10. The first kappa shape index (κ1) is 10.9. The maximum atomic E-state index is 12.0. The van der Waals surface area contributed by atoms with Crippen LogP contribution in [0.1, 0.15) is 5.56 Å². The highest BCUT2D eigenvalue weighted by Crippen LogP contribution is 2.31. The Labute approximate surface area is 78.1 Å². The third-order valence-electron chi connectivity index (χ3n) is 1.37. The summed E-state index contributed by atoms with van der Waals surface area (Å²) in [5.41, 5.74) is -0.835. The molecule has 1 aromatic carbocycles. The molecule has 1 unspecified atom stereocenters. The number of rotatable bonds is 2. The summed E-state index contributed by atoms with van der Waals surface area (Å²) in [5, 5.41) is 0. The predicted molar refractivity (Wildman–Crippen MR) is 41.9 cm³/mol. The van der Waals surface area contributed by atoms with Crippen LogP contribution in [0.5, 0.6) is 5.75 Å². The van der Waals surface area contributed by atoms with Crippen LogP contribution in [0.15, 0.2) is 24.3 Å². The number of benzene rings is 1. The van der Waals surface area contributed by atoms with E-state index in [1.165, 1.54) is 0 Å². The molecule has 3 nitrogen and oxygen atoms in total. The number of hydrogen-bond acceptors (Lipinski definition) is 2. The highest BCUT2D eigenvalue weighted by atomic mass is 31.1. The Morgan fingerprint density at radius 3 is 2.07 bits per heavy atom. The molecule has 0 heterocycles. The Hall–Kier alpha value is -1.13. The summed E-state index contributed by atoms with van der Waals surface area (Å²) in [6, 6.07) is 3.50. The van der Waals surface area contributed by atoms with Crippen LogP contribution >= 0.6 is 8.25 Å². The van der Waals surface area contributed by atoms with Crippen LogP contribution in [0.2, 0.25) is 0 Å². The van der Waals surface area contributed by atoms with E-state index in [1.54, 1.807) is 0 Å². The van der Waals surface area contributed by atoms with Gasteiger partial charge in [0, 0.05) is 4.57 Å². The maximum absolute atomic E-state index is 12.0. The normalized spacial score (nSPS) is 12.4. The fraction of sp³-hybridized carbons (Fsp3) is 0.143. The molecule has 0 aliphatic rings. The molecule has 0 amide bonds. The topological polar surface area (TPSA) is 46.5 Å². The molecule has 0 saturated heterocycles. The minimum atomic E-state index is -4.42. The van der Waals surface area contributed by atoms with Gasteiger partial charge in [0.15, 0.2) is 5.75 Å². The van der Waals surface area contributed by atoms with Crippen LogP contribution in [0, 0.1) is 0 Å². The second kappa shape index (κ2) is 3.94. The lowest BCUT2D eigenvalue weighted by molar-refractivity contribution is -0.137. The van der Waals surface area contributed by atoms with Crippen molar-refractivity contribution in [3.63, 3.8) is 0 Å². The van der Waals surface area contributed by atoms with Crippen LogP contribution < -0.4 is 4.52 Å². The Bertz CT molecular complexity index is 333. The molecular weight excluding hydrogens is 220 g/mol. The zero-order valence-electron chi connectivity index (χ0n) is 6.65. The molecule has 14 heavy (non-hydrogen) atoms. The van der Waals surface area contributed by atoms with Gasteiger partial charge in [-0.3, -0.25) is 0 Å². The Morgan fingerprint density at radius 2 is 1.71 bits per heavy atom. The van der Waals surface area contributed by atoms with Crippen molar-refractivity contribution in [1.29, 1.82) is 0 Å². The van der Waals surface area contributed by atoms with E-state index in [-0.39, 0.29) is 5.75 Å². The van der Waals surface area contributed by atoms with E-state index in [0.29, 0.717) is 0 Å². The summed E-state index contributed by atoms with van der Waals surface area (Å²) >= 11 is 0. The molecule has 1 aromatic rings. The predicted octanol–water partition coefficient (Wildman–Crippen LogP) is 2.73. The fourth-order valence-electron chi connectivity index (χ4n) is 0.795. The molecule has 1 N–H and O–H groups in total. The Kier molecular flexibility index (Phi) is 3.08. The minimum Gasteiger partial charge on any atom is -0.229 e. The molecular formula is C7H5F3O3P+. The van der Waals surface area contributed by atoms with Crippen LogP contribution in [0.4, 0.5) is 13.2 Å². The molecule has 0 saturated carbocycles. The van der Waals surface area contributed by atoms with Crippen molar-refractivity contribution < 1.29 is 27.2 Å². The quantitative estimate of drug-likeness (QED) is 0.787. The molecule has 1 rings (SSSR count).